The number of halogens is 3. The number of nitrogen functional groups attached to an aromatic ring is 4. The third-order valence-electron chi connectivity index (χ3n) is 15.4. The number of aromatic nitrogens is 6. The Hall–Kier alpha value is -8.61. The van der Waals surface area contributed by atoms with Gasteiger partial charge in [-0.1, -0.05) is 221 Å². The van der Waals surface area contributed by atoms with Crippen LogP contribution in [0.15, 0.2) is 292 Å². The fourth-order valence-electron chi connectivity index (χ4n) is 10.6. The van der Waals surface area contributed by atoms with Gasteiger partial charge in [-0.15, -0.1) is 0 Å². The van der Waals surface area contributed by atoms with Crippen LogP contribution in [0.1, 0.15) is 74.1 Å². The Bertz CT molecular complexity index is 3960. The van der Waals surface area contributed by atoms with E-state index in [4.69, 9.17) is 63.7 Å². The number of hydrogen-bond acceptors (Lipinski definition) is 15. The maximum absolute atomic E-state index is 10.9. The standard InChI is InChI=1S/2C18H15P.C10H8N4O2.C10H10N4.C5H4ClN3O2.C5H4N.3C4H9.CH4O.2CH4.2ClH.Pd.Sb.H/c2*1-4-10-16(11-5-1)19(17-12-6-2-7-13-17)18-14-8-3-9-15-18;11-10-9(14(15)16)7(4-6-13-10)8-3-1-2-5-12-8;11-9-7(4-6-14-10(9)12)8-3-1-2-5-13-8;6-3-1-2-8-5(7)4(3)9(10)11;1-2-4-6-5-3-1;3*1-3-4-2;1-2;;;;;;;/h2*1-15H;1-6H,(H2,11,13);1-6H,11H2,(H2,12,14);1-2H,(H2,7,8);1-4H;3*1,3-4H2,2H3;2H,1H3;2*1H4;2*1H;;;/q;;;;;;;;;;;;;;+2;;/p-2. The van der Waals surface area contributed by atoms with Gasteiger partial charge in [0.25, 0.3) is 0 Å². The molecule has 0 saturated heterocycles. The van der Waals surface area contributed by atoms with E-state index in [0.29, 0.717) is 22.8 Å². The molecule has 105 heavy (non-hydrogen) atoms. The van der Waals surface area contributed by atoms with Crippen LogP contribution in [-0.4, -0.2) is 70.8 Å². The molecule has 12 aromatic rings. The zero-order chi connectivity index (χ0) is 74.5. The summed E-state index contributed by atoms with van der Waals surface area (Å²) in [5.41, 5.74) is 24.5. The van der Waals surface area contributed by atoms with Crippen LogP contribution in [0.5, 0.6) is 0 Å². The molecule has 0 saturated carbocycles. The average Bonchev–Trinajstić information content (AvgIpc) is 0.834. The zero-order valence-corrected chi connectivity index (χ0v) is 66.4. The predicted molar refractivity (Wildman–Crippen MR) is 449 cm³/mol. The Labute approximate surface area is 647 Å². The van der Waals surface area contributed by atoms with Crippen molar-refractivity contribution in [2.45, 2.75) is 87.3 Å². The smallest absolute Gasteiger partial charge is 0.0134 e. The van der Waals surface area contributed by atoms with E-state index >= 15 is 0 Å². The molecule has 0 amide bonds. The normalized spacial score (nSPS) is 10.2. The van der Waals surface area contributed by atoms with E-state index in [1.165, 1.54) is 108 Å². The van der Waals surface area contributed by atoms with Crippen LogP contribution >= 0.6 is 46.5 Å². The quantitative estimate of drug-likeness (QED) is 0.0205. The number of nitrogens with zero attached hydrogens (tertiary/aromatic N) is 8. The van der Waals surface area contributed by atoms with Crippen LogP contribution in [0, 0.1) is 20.2 Å². The molecule has 0 fully saturated rings. The fourth-order valence-corrected chi connectivity index (χ4v) is 30.9. The van der Waals surface area contributed by atoms with Gasteiger partial charge in [0, 0.05) is 43.7 Å². The number of hydrogen-bond donors (Lipinski definition) is 5. The summed E-state index contributed by atoms with van der Waals surface area (Å²) in [6.07, 6.45) is 17.9. The van der Waals surface area contributed by atoms with E-state index in [2.05, 4.69) is 246 Å². The van der Waals surface area contributed by atoms with Crippen molar-refractivity contribution in [3.8, 4) is 22.5 Å². The van der Waals surface area contributed by atoms with Gasteiger partial charge in [0.15, 0.2) is 0 Å². The van der Waals surface area contributed by atoms with E-state index in [0.717, 1.165) is 18.4 Å². The van der Waals surface area contributed by atoms with Crippen LogP contribution in [0.2, 0.25) is 18.1 Å². The Balaban J connectivity index is 0.000000324. The van der Waals surface area contributed by atoms with Gasteiger partial charge in [0.1, 0.15) is 10.8 Å². The number of aliphatic hydroxyl groups is 1. The van der Waals surface area contributed by atoms with E-state index in [9.17, 15) is 20.2 Å². The second kappa shape index (κ2) is 52.4. The molecule has 0 unspecified atom stereocenters. The third-order valence-corrected chi connectivity index (χ3v) is 35.8. The van der Waals surface area contributed by atoms with Gasteiger partial charge in [-0.2, -0.15) is 0 Å². The van der Waals surface area contributed by atoms with Gasteiger partial charge in [-0.25, -0.2) is 15.0 Å². The fraction of sp³-hybridized carbons (Fsp3) is 0.185. The molecule has 12 rings (SSSR count). The first-order chi connectivity index (χ1) is 50.2. The topological polar surface area (TPSA) is 288 Å². The van der Waals surface area contributed by atoms with Crippen molar-refractivity contribution < 1.29 is 30.9 Å². The van der Waals surface area contributed by atoms with Crippen LogP contribution < -0.4 is 58.4 Å². The monoisotopic (exact) mass is 1710 g/mol. The molecule has 24 heteroatoms. The van der Waals surface area contributed by atoms with Crippen molar-refractivity contribution in [3.63, 3.8) is 0 Å². The molecule has 0 spiro atoms. The summed E-state index contributed by atoms with van der Waals surface area (Å²) >= 11 is 3.15. The summed E-state index contributed by atoms with van der Waals surface area (Å²) in [4.78, 5) is 44.0. The number of benzene rings is 6. The number of pyridine rings is 6. The Morgan fingerprint density at radius 2 is 0.676 bits per heavy atom. The molecule has 6 aromatic heterocycles. The largest absolute Gasteiger partial charge is 0.0622 e. The molecule has 0 aliphatic carbocycles. The van der Waals surface area contributed by atoms with Gasteiger partial charge < -0.3 is 28.0 Å². The average molecular weight is 1710 g/mol. The number of aliphatic hydroxyl groups excluding tert-OH is 1. The first-order valence-corrected chi connectivity index (χ1v) is 47.6. The summed E-state index contributed by atoms with van der Waals surface area (Å²) in [5.74, 6) is 0.0730. The number of unbranched alkanes of at least 4 members (excludes halogenated alkanes) is 3. The Morgan fingerprint density at radius 3 is 0.962 bits per heavy atom. The van der Waals surface area contributed by atoms with Crippen LogP contribution in [-0.2, 0) is 15.9 Å². The predicted octanol–water partition coefficient (Wildman–Crippen LogP) is 18.2. The van der Waals surface area contributed by atoms with E-state index in [-0.39, 0.29) is 58.8 Å². The summed E-state index contributed by atoms with van der Waals surface area (Å²) in [6.45, 7) is 6.98. The maximum Gasteiger partial charge on any atom is -0.0134 e. The van der Waals surface area contributed by atoms with Crippen molar-refractivity contribution in [1.29, 1.82) is 0 Å². The van der Waals surface area contributed by atoms with Gasteiger partial charge in [-0.3, -0.25) is 30.2 Å². The first-order valence-electron chi connectivity index (χ1n) is 33.1. The van der Waals surface area contributed by atoms with Gasteiger partial charge in [0.2, 0.25) is 11.6 Å². The number of nitrogens with two attached hydrogens (primary N) is 4. The summed E-state index contributed by atoms with van der Waals surface area (Å²) < 4.78 is 6.10. The molecule has 0 atom stereocenters. The van der Waals surface area contributed by atoms with E-state index < -0.39 is 44.5 Å². The molecule has 17 nitrogen and oxygen atoms in total. The van der Waals surface area contributed by atoms with E-state index in [1.54, 1.807) is 46.5 Å². The van der Waals surface area contributed by atoms with Gasteiger partial charge >= 0.3 is 171 Å². The van der Waals surface area contributed by atoms with Crippen molar-refractivity contribution in [1.82, 2.24) is 29.9 Å². The van der Waals surface area contributed by atoms with Crippen molar-refractivity contribution >= 4 is 135 Å². The van der Waals surface area contributed by atoms with Crippen molar-refractivity contribution in [2.75, 3.05) is 30.0 Å². The maximum atomic E-state index is 10.9. The molecule has 556 valence electrons. The minimum absolute atomic E-state index is 0. The summed E-state index contributed by atoms with van der Waals surface area (Å²) in [6, 6.07) is 86.7. The van der Waals surface area contributed by atoms with Gasteiger partial charge in [0.05, 0.1) is 32.5 Å². The van der Waals surface area contributed by atoms with Gasteiger partial charge in [-0.05, 0) is 90.1 Å². The molecule has 6 heterocycles. The zero-order valence-electron chi connectivity index (χ0n) is 57.9. The van der Waals surface area contributed by atoms with Crippen molar-refractivity contribution in [3.05, 3.63) is 317 Å². The van der Waals surface area contributed by atoms with E-state index in [1.807, 2.05) is 24.4 Å². The first kappa shape index (κ1) is 90.6. The van der Waals surface area contributed by atoms with Crippen molar-refractivity contribution in [2.24, 2.45) is 0 Å². The Kier molecular flexibility index (Phi) is 45.2. The number of anilines is 4. The Morgan fingerprint density at radius 1 is 0.390 bits per heavy atom. The van der Waals surface area contributed by atoms with Crippen LogP contribution in [0.3, 0.4) is 0 Å². The second-order valence-electron chi connectivity index (χ2n) is 22.3. The third kappa shape index (κ3) is 30.1. The van der Waals surface area contributed by atoms with Crippen LogP contribution in [0.4, 0.5) is 34.5 Å². The van der Waals surface area contributed by atoms with Crippen LogP contribution in [0.25, 0.3) is 22.5 Å². The second-order valence-corrected chi connectivity index (χ2v) is 42.5. The molecule has 0 radical (unpaired) electrons. The number of nitro groups is 2. The summed E-state index contributed by atoms with van der Waals surface area (Å²) in [5, 5.41) is 36.5. The molecule has 9 N–H and O–H groups in total. The summed E-state index contributed by atoms with van der Waals surface area (Å²) in [7, 11) is 9.74. The minimum Gasteiger partial charge on any atom is -0.0622 e. The molecular formula is C81H96Cl3N12O5P2PdSb. The minimum atomic E-state index is -2.21. The molecule has 0 aliphatic heterocycles. The number of rotatable bonds is 20. The molecular weight excluding hydrogens is 1620 g/mol. The molecule has 6 aromatic carbocycles. The SMILES string of the molecule is C.C.CCC[CH2][SbH]([CH2]CCC)([CH2]CCC)[c]1ccccn1.CO.Nc1nccc(-c2ccccn2)c1N.Nc1nccc(-c2ccccn2)c1[N+](=O)[O-].Nc1nccc(Cl)c1[N+](=O)[O-].[Cl][Pd][Cl].c1ccc(P(c2ccccc2)c2ccccc2)cc1.c1ccc(P(c2ccccc2)c2ccccc2)cc1. The molecule has 0 bridgehead atoms. The molecule has 0 aliphatic rings.